The van der Waals surface area contributed by atoms with E-state index in [9.17, 15) is 4.79 Å². The molecule has 2 nitrogen and oxygen atoms in total. The maximum absolute atomic E-state index is 12.4. The zero-order chi connectivity index (χ0) is 26.7. The van der Waals surface area contributed by atoms with Crippen LogP contribution in [0.15, 0.2) is 0 Å². The molecule has 0 saturated carbocycles. The second-order valence-corrected chi connectivity index (χ2v) is 10.5. The van der Waals surface area contributed by atoms with E-state index >= 15 is 0 Å². The van der Waals surface area contributed by atoms with Crippen molar-refractivity contribution in [3.63, 3.8) is 0 Å². The summed E-state index contributed by atoms with van der Waals surface area (Å²) in [4.78, 5) is 12.4. The first kappa shape index (κ1) is 27.1. The van der Waals surface area contributed by atoms with Gasteiger partial charge in [0.15, 0.2) is 0 Å². The van der Waals surface area contributed by atoms with E-state index in [-0.39, 0.29) is 5.92 Å². The Morgan fingerprint density at radius 2 is 0.788 bits per heavy atom. The molecule has 0 unspecified atom stereocenters. The number of carbonyl (C=O) groups excluding carboxylic acids is 1. The molecule has 0 bridgehead atoms. The van der Waals surface area contributed by atoms with Gasteiger partial charge in [0.2, 0.25) is 0 Å². The fraction of sp³-hybridized carbons (Fsp3) is 0.968. The molecule has 0 aromatic rings. The molecule has 0 spiro atoms. The van der Waals surface area contributed by atoms with Crippen LogP contribution in [0.5, 0.6) is 0 Å². The Bertz CT molecular complexity index is 437. The third-order valence-corrected chi connectivity index (χ3v) is 7.25. The molecule has 0 aromatic heterocycles. The van der Waals surface area contributed by atoms with Crippen molar-refractivity contribution < 1.29 is 13.6 Å². The quantitative estimate of drug-likeness (QED) is 0.0882. The summed E-state index contributed by atoms with van der Waals surface area (Å²) >= 11 is 0. The maximum atomic E-state index is 12.4. The molecule has 33 heavy (non-hydrogen) atoms. The van der Waals surface area contributed by atoms with Crippen molar-refractivity contribution in [2.75, 3.05) is 7.04 Å². The number of esters is 1. The van der Waals surface area contributed by atoms with Crippen LogP contribution in [0.25, 0.3) is 0 Å². The minimum Gasteiger partial charge on any atom is -0.469 e. The number of carbonyl (C=O) groups is 1. The summed E-state index contributed by atoms with van der Waals surface area (Å²) in [5.74, 6) is -0.766. The maximum Gasteiger partial charge on any atom is 0.308 e. The van der Waals surface area contributed by atoms with Crippen LogP contribution in [-0.4, -0.2) is 13.0 Å². The molecule has 0 aliphatic carbocycles. The zero-order valence-electron chi connectivity index (χ0n) is 25.8. The Kier molecular flexibility index (Phi) is 22.7. The van der Waals surface area contributed by atoms with Crippen LogP contribution in [0.3, 0.4) is 0 Å². The van der Waals surface area contributed by atoms with Crippen molar-refractivity contribution in [3.05, 3.63) is 0 Å². The highest BCUT2D eigenvalue weighted by molar-refractivity contribution is 5.72. The molecule has 0 N–H and O–H groups in total. The summed E-state index contributed by atoms with van der Waals surface area (Å²) in [5.41, 5.74) is 0. The lowest BCUT2D eigenvalue weighted by Crippen LogP contribution is -2.16. The highest BCUT2D eigenvalue weighted by Crippen LogP contribution is 2.21. The molecule has 0 saturated heterocycles. The Balaban J connectivity index is 3.89. The second-order valence-electron chi connectivity index (χ2n) is 10.5. The number of hydrogen-bond acceptors (Lipinski definition) is 2. The summed E-state index contributed by atoms with van der Waals surface area (Å²) in [6, 6.07) is 0. The third-order valence-electron chi connectivity index (χ3n) is 7.25. The molecule has 2 heteroatoms. The van der Waals surface area contributed by atoms with Crippen LogP contribution in [0, 0.1) is 5.92 Å². The number of methoxy groups -OCH3 is 1. The topological polar surface area (TPSA) is 26.3 Å². The van der Waals surface area contributed by atoms with E-state index in [2.05, 4.69) is 13.8 Å². The van der Waals surface area contributed by atoms with Crippen LogP contribution < -0.4 is 0 Å². The van der Waals surface area contributed by atoms with Gasteiger partial charge in [-0.15, -0.1) is 0 Å². The predicted molar refractivity (Wildman–Crippen MR) is 147 cm³/mol. The van der Waals surface area contributed by atoms with Gasteiger partial charge in [0, 0.05) is 0 Å². The summed E-state index contributed by atoms with van der Waals surface area (Å²) in [6.07, 6.45) is 32.5. The van der Waals surface area contributed by atoms with E-state index in [1.54, 1.807) is 0 Å². The van der Waals surface area contributed by atoms with Gasteiger partial charge < -0.3 is 4.74 Å². The number of rotatable bonds is 27. The Labute approximate surface area is 213 Å². The van der Waals surface area contributed by atoms with Gasteiger partial charge in [-0.2, -0.15) is 0 Å². The Morgan fingerprint density at radius 3 is 1.06 bits per heavy atom. The van der Waals surface area contributed by atoms with Gasteiger partial charge in [-0.05, 0) is 12.8 Å². The van der Waals surface area contributed by atoms with Crippen molar-refractivity contribution in [2.45, 2.75) is 181 Å². The van der Waals surface area contributed by atoms with Crippen LogP contribution in [0.2, 0.25) is 0 Å². The molecule has 0 radical (unpaired) electrons. The number of ether oxygens (including phenoxy) is 1. The zero-order valence-corrected chi connectivity index (χ0v) is 22.8. The van der Waals surface area contributed by atoms with E-state index in [0.29, 0.717) is 0 Å². The molecule has 0 amide bonds. The highest BCUT2D eigenvalue weighted by Gasteiger charge is 2.18. The van der Waals surface area contributed by atoms with Crippen molar-refractivity contribution in [1.82, 2.24) is 0 Å². The number of unbranched alkanes of at least 4 members (excludes halogenated alkanes) is 22. The van der Waals surface area contributed by atoms with Crippen LogP contribution in [0.4, 0.5) is 0 Å². The largest absolute Gasteiger partial charge is 0.469 e. The normalized spacial score (nSPS) is 13.1. The molecule has 0 fully saturated rings. The lowest BCUT2D eigenvalue weighted by Gasteiger charge is -2.14. The van der Waals surface area contributed by atoms with Gasteiger partial charge in [0.1, 0.15) is 0 Å². The average Bonchev–Trinajstić information content (AvgIpc) is 2.82. The van der Waals surface area contributed by atoms with Gasteiger partial charge in [-0.1, -0.05) is 168 Å². The first-order valence-electron chi connectivity index (χ1n) is 16.6. The molecular weight excluding hydrogens is 404 g/mol. The lowest BCUT2D eigenvalue weighted by atomic mass is 9.94. The van der Waals surface area contributed by atoms with Crippen molar-refractivity contribution in [1.29, 1.82) is 0 Å². The second kappa shape index (κ2) is 27.7. The third kappa shape index (κ3) is 24.4. The predicted octanol–water partition coefficient (Wildman–Crippen LogP) is 11.0. The standard InChI is InChI=1S/C31H62O2/c1-4-6-8-10-12-14-16-18-20-22-24-26-28-30(31(32)33-3)29-27-25-23-21-19-17-15-13-11-9-7-5-2/h30H,4-29H2,1-3H3/i3D3. The fourth-order valence-corrected chi connectivity index (χ4v) is 4.93. The first-order valence-corrected chi connectivity index (χ1v) is 15.1. The molecule has 0 heterocycles. The summed E-state index contributed by atoms with van der Waals surface area (Å²) in [5, 5.41) is 0. The average molecular weight is 470 g/mol. The van der Waals surface area contributed by atoms with E-state index in [0.717, 1.165) is 38.5 Å². The van der Waals surface area contributed by atoms with Crippen molar-refractivity contribution in [2.24, 2.45) is 5.92 Å². The minimum absolute atomic E-state index is 0.253. The smallest absolute Gasteiger partial charge is 0.308 e. The number of hydrogen-bond donors (Lipinski definition) is 0. The monoisotopic (exact) mass is 469 g/mol. The minimum atomic E-state index is -2.62. The van der Waals surface area contributed by atoms with Gasteiger partial charge in [-0.25, -0.2) is 0 Å². The van der Waals surface area contributed by atoms with Crippen LogP contribution in [0.1, 0.15) is 185 Å². The molecule has 0 aliphatic heterocycles. The molecule has 0 atom stereocenters. The summed E-state index contributed by atoms with van der Waals surface area (Å²) in [7, 11) is -2.62. The molecular formula is C31H62O2. The highest BCUT2D eigenvalue weighted by atomic mass is 16.5. The van der Waals surface area contributed by atoms with Crippen LogP contribution in [-0.2, 0) is 9.53 Å². The van der Waals surface area contributed by atoms with Gasteiger partial charge in [0.05, 0.1) is 17.1 Å². The molecule has 0 rings (SSSR count). The lowest BCUT2D eigenvalue weighted by molar-refractivity contribution is -0.146. The first-order chi connectivity index (χ1) is 17.4. The fourth-order valence-electron chi connectivity index (χ4n) is 4.93. The molecule has 0 aromatic carbocycles. The van der Waals surface area contributed by atoms with Crippen molar-refractivity contribution >= 4 is 5.97 Å². The van der Waals surface area contributed by atoms with Gasteiger partial charge in [0.25, 0.3) is 0 Å². The van der Waals surface area contributed by atoms with Crippen molar-refractivity contribution in [3.8, 4) is 0 Å². The van der Waals surface area contributed by atoms with E-state index in [4.69, 9.17) is 8.85 Å². The summed E-state index contributed by atoms with van der Waals surface area (Å²) < 4.78 is 26.6. The van der Waals surface area contributed by atoms with E-state index in [1.807, 2.05) is 0 Å². The molecule has 0 aliphatic rings. The summed E-state index contributed by atoms with van der Waals surface area (Å²) in [6.45, 7) is 4.52. The van der Waals surface area contributed by atoms with E-state index < -0.39 is 13.0 Å². The molecule has 198 valence electrons. The van der Waals surface area contributed by atoms with E-state index in [1.165, 1.54) is 128 Å². The Morgan fingerprint density at radius 1 is 0.515 bits per heavy atom. The SMILES string of the molecule is [2H]C([2H])([2H])OC(=O)C(CCCCCCCCCCCCCC)CCCCCCCCCCCCCC. The van der Waals surface area contributed by atoms with Crippen LogP contribution >= 0.6 is 0 Å². The van der Waals surface area contributed by atoms with Gasteiger partial charge in [-0.3, -0.25) is 4.79 Å². The Hall–Kier alpha value is -0.530. The van der Waals surface area contributed by atoms with Gasteiger partial charge >= 0.3 is 5.97 Å².